The molecule has 36 heavy (non-hydrogen) atoms. The van der Waals surface area contributed by atoms with Crippen LogP contribution >= 0.6 is 0 Å². The summed E-state index contributed by atoms with van der Waals surface area (Å²) in [6.45, 7) is 5.06. The Morgan fingerprint density at radius 1 is 1.11 bits per heavy atom. The molecule has 1 N–H and O–H groups in total. The number of nitrogens with zero attached hydrogens (tertiary/aromatic N) is 5. The summed E-state index contributed by atoms with van der Waals surface area (Å²) in [7, 11) is 0.891. The molecule has 4 aromatic rings. The maximum Gasteiger partial charge on any atom is 0.269 e. The molecule has 0 bridgehead atoms. The van der Waals surface area contributed by atoms with Crippen LogP contribution in [0.3, 0.4) is 0 Å². The highest BCUT2D eigenvalue weighted by Gasteiger charge is 2.34. The Kier molecular flexibility index (Phi) is 6.48. The quantitative estimate of drug-likeness (QED) is 0.400. The van der Waals surface area contributed by atoms with Gasteiger partial charge in [-0.1, -0.05) is 0 Å². The number of hydrogen-bond acceptors (Lipinski definition) is 8. The Balaban J connectivity index is 1.70. The van der Waals surface area contributed by atoms with Gasteiger partial charge < -0.3 is 14.8 Å². The Bertz CT molecular complexity index is 1550. The predicted molar refractivity (Wildman–Crippen MR) is 133 cm³/mol. The number of rotatable bonds is 7. The van der Waals surface area contributed by atoms with Gasteiger partial charge >= 0.3 is 0 Å². The number of nitrogens with one attached hydrogen (secondary N) is 1. The van der Waals surface area contributed by atoms with Crippen LogP contribution in [0, 0.1) is 0 Å². The number of hydrogen-bond donors (Lipinski definition) is 1. The minimum Gasteiger partial charge on any atom is -0.495 e. The smallest absolute Gasteiger partial charge is 0.269 e. The SMILES string of the molecule is COc1cc2ncc(-c3cc(C(=O)NCc4ncccc4OC)n(C)n3)n2cc1S(=O)(=O)C(C)(C)C. The molecule has 0 atom stereocenters. The molecule has 190 valence electrons. The fourth-order valence-corrected chi connectivity index (χ4v) is 4.98. The maximum absolute atomic E-state index is 13.2. The number of amides is 1. The van der Waals surface area contributed by atoms with Gasteiger partial charge in [-0.05, 0) is 39.0 Å². The fourth-order valence-electron chi connectivity index (χ4n) is 3.67. The first-order chi connectivity index (χ1) is 17.0. The van der Waals surface area contributed by atoms with Gasteiger partial charge in [-0.25, -0.2) is 13.4 Å². The van der Waals surface area contributed by atoms with E-state index >= 15 is 0 Å². The first-order valence-electron chi connectivity index (χ1n) is 11.1. The molecule has 0 unspecified atom stereocenters. The molecule has 0 fully saturated rings. The summed E-state index contributed by atoms with van der Waals surface area (Å²) in [6.07, 6.45) is 4.68. The van der Waals surface area contributed by atoms with Gasteiger partial charge in [-0.3, -0.25) is 18.9 Å². The van der Waals surface area contributed by atoms with Gasteiger partial charge in [0.2, 0.25) is 0 Å². The molecule has 0 aliphatic rings. The molecule has 1 amide bonds. The van der Waals surface area contributed by atoms with E-state index in [1.807, 2.05) is 0 Å². The van der Waals surface area contributed by atoms with E-state index in [9.17, 15) is 13.2 Å². The van der Waals surface area contributed by atoms with E-state index in [4.69, 9.17) is 9.47 Å². The van der Waals surface area contributed by atoms with Crippen LogP contribution in [0.25, 0.3) is 17.0 Å². The molecule has 0 aromatic carbocycles. The van der Waals surface area contributed by atoms with E-state index in [1.165, 1.54) is 18.0 Å². The van der Waals surface area contributed by atoms with Crippen LogP contribution < -0.4 is 14.8 Å². The van der Waals surface area contributed by atoms with Crippen LogP contribution in [0.2, 0.25) is 0 Å². The molecule has 11 nitrogen and oxygen atoms in total. The lowest BCUT2D eigenvalue weighted by Gasteiger charge is -2.21. The first kappa shape index (κ1) is 25.2. The number of carbonyl (C=O) groups is 1. The summed E-state index contributed by atoms with van der Waals surface area (Å²) in [5.74, 6) is 0.432. The average Bonchev–Trinajstić information content (AvgIpc) is 3.43. The van der Waals surface area contributed by atoms with Crippen molar-refractivity contribution >= 4 is 21.4 Å². The van der Waals surface area contributed by atoms with E-state index in [2.05, 4.69) is 20.4 Å². The standard InChI is InChI=1S/C24H28N6O5S/c1-24(2,3)36(32,33)21-14-30-18(13-26-22(30)11-20(21)35-6)15-10-17(29(4)28-15)23(31)27-12-16-19(34-5)8-7-9-25-16/h7-11,13-14H,12H2,1-6H3,(H,27,31). The molecule has 12 heteroatoms. The third kappa shape index (κ3) is 4.39. The second-order valence-corrected chi connectivity index (χ2v) is 11.7. The second kappa shape index (κ2) is 9.26. The summed E-state index contributed by atoms with van der Waals surface area (Å²) >= 11 is 0. The number of ether oxygens (including phenoxy) is 2. The summed E-state index contributed by atoms with van der Waals surface area (Å²) < 4.78 is 39.1. The lowest BCUT2D eigenvalue weighted by atomic mass is 10.2. The Morgan fingerprint density at radius 2 is 1.83 bits per heavy atom. The van der Waals surface area contributed by atoms with Crippen molar-refractivity contribution in [3.8, 4) is 22.9 Å². The Morgan fingerprint density at radius 3 is 2.50 bits per heavy atom. The van der Waals surface area contributed by atoms with Gasteiger partial charge in [-0.15, -0.1) is 0 Å². The minimum atomic E-state index is -3.72. The molecule has 0 aliphatic heterocycles. The monoisotopic (exact) mass is 512 g/mol. The van der Waals surface area contributed by atoms with Crippen molar-refractivity contribution in [2.75, 3.05) is 14.2 Å². The molecule has 0 saturated carbocycles. The van der Waals surface area contributed by atoms with E-state index in [1.54, 1.807) is 76.0 Å². The van der Waals surface area contributed by atoms with Gasteiger partial charge in [0.15, 0.2) is 9.84 Å². The minimum absolute atomic E-state index is 0.0439. The summed E-state index contributed by atoms with van der Waals surface area (Å²) in [6, 6.07) is 6.71. The van der Waals surface area contributed by atoms with Crippen molar-refractivity contribution in [3.63, 3.8) is 0 Å². The lowest BCUT2D eigenvalue weighted by molar-refractivity contribution is 0.0940. The van der Waals surface area contributed by atoms with Crippen molar-refractivity contribution in [1.29, 1.82) is 0 Å². The highest BCUT2D eigenvalue weighted by molar-refractivity contribution is 7.92. The largest absolute Gasteiger partial charge is 0.495 e. The van der Waals surface area contributed by atoms with Crippen molar-refractivity contribution in [2.24, 2.45) is 7.05 Å². The van der Waals surface area contributed by atoms with Crippen molar-refractivity contribution in [1.82, 2.24) is 29.5 Å². The van der Waals surface area contributed by atoms with Gasteiger partial charge in [-0.2, -0.15) is 5.10 Å². The van der Waals surface area contributed by atoms with E-state index in [0.717, 1.165) is 0 Å². The third-order valence-corrected chi connectivity index (χ3v) is 8.25. The van der Waals surface area contributed by atoms with Crippen molar-refractivity contribution in [3.05, 3.63) is 54.2 Å². The highest BCUT2D eigenvalue weighted by Crippen LogP contribution is 2.34. The third-order valence-electron chi connectivity index (χ3n) is 5.75. The molecule has 0 spiro atoms. The van der Waals surface area contributed by atoms with Crippen molar-refractivity contribution < 1.29 is 22.7 Å². The number of aromatic nitrogens is 5. The molecule has 0 saturated heterocycles. The van der Waals surface area contributed by atoms with Crippen LogP contribution in [0.5, 0.6) is 11.5 Å². The van der Waals surface area contributed by atoms with Gasteiger partial charge in [0.25, 0.3) is 5.91 Å². The normalized spacial score (nSPS) is 12.1. The number of fused-ring (bicyclic) bond motifs is 1. The average molecular weight is 513 g/mol. The molecule has 0 radical (unpaired) electrons. The fraction of sp³-hybridized carbons (Fsp3) is 0.333. The highest BCUT2D eigenvalue weighted by atomic mass is 32.2. The molecular weight excluding hydrogens is 484 g/mol. The zero-order valence-electron chi connectivity index (χ0n) is 20.9. The van der Waals surface area contributed by atoms with Crippen molar-refractivity contribution in [2.45, 2.75) is 37.0 Å². The summed E-state index contributed by atoms with van der Waals surface area (Å²) in [4.78, 5) is 21.6. The van der Waals surface area contributed by atoms with Crippen LogP contribution in [0.4, 0.5) is 0 Å². The van der Waals surface area contributed by atoms with Gasteiger partial charge in [0.05, 0.1) is 37.4 Å². The number of sulfone groups is 1. The summed E-state index contributed by atoms with van der Waals surface area (Å²) in [5.41, 5.74) is 2.37. The van der Waals surface area contributed by atoms with Crippen LogP contribution in [-0.2, 0) is 23.4 Å². The van der Waals surface area contributed by atoms with Crippen LogP contribution in [0.15, 0.2) is 47.8 Å². The number of aryl methyl sites for hydroxylation is 1. The molecule has 4 aromatic heterocycles. The first-order valence-corrected chi connectivity index (χ1v) is 12.6. The maximum atomic E-state index is 13.2. The zero-order valence-corrected chi connectivity index (χ0v) is 21.8. The second-order valence-electron chi connectivity index (χ2n) is 9.07. The van der Waals surface area contributed by atoms with E-state index < -0.39 is 14.6 Å². The number of imidazole rings is 1. The Hall–Kier alpha value is -3.93. The van der Waals surface area contributed by atoms with Crippen LogP contribution in [0.1, 0.15) is 37.0 Å². The summed E-state index contributed by atoms with van der Waals surface area (Å²) in [5, 5.41) is 7.30. The van der Waals surface area contributed by atoms with Gasteiger partial charge in [0, 0.05) is 25.5 Å². The zero-order chi connectivity index (χ0) is 26.3. The van der Waals surface area contributed by atoms with Gasteiger partial charge in [0.1, 0.15) is 39.1 Å². The molecule has 4 rings (SSSR count). The molecule has 0 aliphatic carbocycles. The number of pyridine rings is 2. The van der Waals surface area contributed by atoms with E-state index in [-0.39, 0.29) is 23.1 Å². The topological polar surface area (TPSA) is 130 Å². The predicted octanol–water partition coefficient (Wildman–Crippen LogP) is 2.65. The molecule has 4 heterocycles. The molecular formula is C24H28N6O5S. The number of methoxy groups -OCH3 is 2. The Labute approximate surface area is 209 Å². The van der Waals surface area contributed by atoms with Crippen LogP contribution in [-0.4, -0.2) is 57.4 Å². The lowest BCUT2D eigenvalue weighted by Crippen LogP contribution is -2.28. The van der Waals surface area contributed by atoms with E-state index in [0.29, 0.717) is 34.2 Å². The number of carbonyl (C=O) groups excluding carboxylic acids is 1.